The zero-order chi connectivity index (χ0) is 17.0. The lowest BCUT2D eigenvalue weighted by molar-refractivity contribution is 0.707. The zero-order valence-corrected chi connectivity index (χ0v) is 18.4. The molecule has 1 unspecified atom stereocenters. The molecule has 0 fully saturated rings. The van der Waals surface area contributed by atoms with Crippen molar-refractivity contribution < 1.29 is 0 Å². The van der Waals surface area contributed by atoms with Crippen molar-refractivity contribution in [2.45, 2.75) is 33.2 Å². The van der Waals surface area contributed by atoms with Gasteiger partial charge in [-0.2, -0.15) is 0 Å². The Morgan fingerprint density at radius 2 is 2.08 bits per heavy atom. The Balaban J connectivity index is 0.00000288. The van der Waals surface area contributed by atoms with E-state index in [1.165, 1.54) is 4.88 Å². The maximum atomic E-state index is 6.20. The molecule has 1 aromatic heterocycles. The Morgan fingerprint density at radius 1 is 1.38 bits per heavy atom. The second-order valence-corrected chi connectivity index (χ2v) is 7.43. The maximum Gasteiger partial charge on any atom is 0.189 e. The van der Waals surface area contributed by atoms with Crippen LogP contribution in [-0.2, 0) is 6.42 Å². The van der Waals surface area contributed by atoms with Gasteiger partial charge in [0.05, 0.1) is 16.7 Å². The number of guanidine groups is 1. The highest BCUT2D eigenvalue weighted by Gasteiger charge is 2.10. The molecule has 0 amide bonds. The number of hydrogen-bond acceptors (Lipinski definition) is 3. The molecule has 132 valence electrons. The number of halogens is 3. The van der Waals surface area contributed by atoms with Gasteiger partial charge in [-0.15, -0.1) is 35.3 Å². The van der Waals surface area contributed by atoms with Crippen LogP contribution >= 0.6 is 58.5 Å². The first-order valence-electron chi connectivity index (χ1n) is 7.31. The molecule has 1 atom stereocenters. The van der Waals surface area contributed by atoms with Gasteiger partial charge in [-0.25, -0.2) is 4.98 Å². The molecule has 0 bridgehead atoms. The SMILES string of the molecule is Cc1nc(CCN=C(N)NC(C)c2ccc(Cl)cc2Cl)sc1C.I. The van der Waals surface area contributed by atoms with Gasteiger partial charge in [0.1, 0.15) is 0 Å². The number of hydrogen-bond donors (Lipinski definition) is 2. The Kier molecular flexibility index (Phi) is 8.76. The van der Waals surface area contributed by atoms with E-state index in [0.29, 0.717) is 22.5 Å². The summed E-state index contributed by atoms with van der Waals surface area (Å²) in [5, 5.41) is 5.45. The largest absolute Gasteiger partial charge is 0.370 e. The lowest BCUT2D eigenvalue weighted by Crippen LogP contribution is -2.34. The van der Waals surface area contributed by atoms with E-state index in [0.717, 1.165) is 22.7 Å². The van der Waals surface area contributed by atoms with Crippen LogP contribution in [0.15, 0.2) is 23.2 Å². The standard InChI is InChI=1S/C16H20Cl2N4S.HI/c1-9-11(3)23-15(21-9)6-7-20-16(19)22-10(2)13-5-4-12(17)8-14(13)18;/h4-5,8,10H,6-7H2,1-3H3,(H3,19,20,22);1H. The molecular formula is C16H21Cl2IN4S. The molecule has 0 aliphatic heterocycles. The predicted octanol–water partition coefficient (Wildman–Crippen LogP) is 4.89. The van der Waals surface area contributed by atoms with E-state index in [2.05, 4.69) is 22.2 Å². The van der Waals surface area contributed by atoms with E-state index in [1.807, 2.05) is 19.9 Å². The highest BCUT2D eigenvalue weighted by molar-refractivity contribution is 14.0. The number of thiazole rings is 1. The van der Waals surface area contributed by atoms with E-state index in [4.69, 9.17) is 28.9 Å². The van der Waals surface area contributed by atoms with Gasteiger partial charge in [-0.1, -0.05) is 29.3 Å². The summed E-state index contributed by atoms with van der Waals surface area (Å²) in [5.74, 6) is 0.397. The first kappa shape index (κ1) is 21.5. The minimum Gasteiger partial charge on any atom is -0.370 e. The first-order valence-corrected chi connectivity index (χ1v) is 8.88. The molecular weight excluding hydrogens is 478 g/mol. The average Bonchev–Trinajstić information content (AvgIpc) is 2.77. The van der Waals surface area contributed by atoms with Gasteiger partial charge in [0.15, 0.2) is 5.96 Å². The smallest absolute Gasteiger partial charge is 0.189 e. The van der Waals surface area contributed by atoms with Crippen molar-refractivity contribution in [3.8, 4) is 0 Å². The Morgan fingerprint density at radius 3 is 2.67 bits per heavy atom. The summed E-state index contributed by atoms with van der Waals surface area (Å²) in [6.07, 6.45) is 0.789. The van der Waals surface area contributed by atoms with E-state index in [-0.39, 0.29) is 30.0 Å². The third kappa shape index (κ3) is 6.06. The van der Waals surface area contributed by atoms with Gasteiger partial charge in [0.25, 0.3) is 0 Å². The van der Waals surface area contributed by atoms with Crippen molar-refractivity contribution >= 4 is 64.5 Å². The van der Waals surface area contributed by atoms with Crippen molar-refractivity contribution in [3.05, 3.63) is 49.4 Å². The quantitative estimate of drug-likeness (QED) is 0.350. The van der Waals surface area contributed by atoms with Crippen molar-refractivity contribution in [3.63, 3.8) is 0 Å². The third-order valence-corrected chi connectivity index (χ3v) is 5.17. The first-order chi connectivity index (χ1) is 10.9. The van der Waals surface area contributed by atoms with Gasteiger partial charge < -0.3 is 11.1 Å². The number of nitrogens with two attached hydrogens (primary N) is 1. The van der Waals surface area contributed by atoms with Gasteiger partial charge >= 0.3 is 0 Å². The minimum atomic E-state index is -0.0483. The van der Waals surface area contributed by atoms with E-state index in [1.54, 1.807) is 23.5 Å². The molecule has 2 rings (SSSR count). The normalized spacial score (nSPS) is 12.6. The fraction of sp³-hybridized carbons (Fsp3) is 0.375. The lowest BCUT2D eigenvalue weighted by Gasteiger charge is -2.16. The molecule has 8 heteroatoms. The summed E-state index contributed by atoms with van der Waals surface area (Å²) >= 11 is 13.8. The van der Waals surface area contributed by atoms with Crippen LogP contribution in [0.5, 0.6) is 0 Å². The van der Waals surface area contributed by atoms with Crippen LogP contribution in [0.3, 0.4) is 0 Å². The van der Waals surface area contributed by atoms with Crippen molar-refractivity contribution in [1.82, 2.24) is 10.3 Å². The molecule has 0 spiro atoms. The van der Waals surface area contributed by atoms with Crippen LogP contribution in [0.2, 0.25) is 10.0 Å². The monoisotopic (exact) mass is 498 g/mol. The molecule has 1 aromatic carbocycles. The molecule has 0 saturated heterocycles. The van der Waals surface area contributed by atoms with E-state index < -0.39 is 0 Å². The molecule has 0 radical (unpaired) electrons. The summed E-state index contributed by atoms with van der Waals surface area (Å²) in [7, 11) is 0. The third-order valence-electron chi connectivity index (χ3n) is 3.47. The second kappa shape index (κ2) is 9.79. The van der Waals surface area contributed by atoms with Crippen LogP contribution in [0.1, 0.15) is 34.1 Å². The highest BCUT2D eigenvalue weighted by Crippen LogP contribution is 2.25. The average molecular weight is 499 g/mol. The van der Waals surface area contributed by atoms with Crippen molar-refractivity contribution in [1.29, 1.82) is 0 Å². The van der Waals surface area contributed by atoms with Gasteiger partial charge in [-0.05, 0) is 38.5 Å². The van der Waals surface area contributed by atoms with E-state index in [9.17, 15) is 0 Å². The van der Waals surface area contributed by atoms with Gasteiger partial charge in [0.2, 0.25) is 0 Å². The van der Waals surface area contributed by atoms with Crippen molar-refractivity contribution in [2.75, 3.05) is 6.54 Å². The van der Waals surface area contributed by atoms with Gasteiger partial charge in [-0.3, -0.25) is 4.99 Å². The number of aliphatic imine (C=N–C) groups is 1. The van der Waals surface area contributed by atoms with Crippen LogP contribution < -0.4 is 11.1 Å². The molecule has 0 aliphatic rings. The number of rotatable bonds is 5. The fourth-order valence-electron chi connectivity index (χ4n) is 2.12. The lowest BCUT2D eigenvalue weighted by atomic mass is 10.1. The highest BCUT2D eigenvalue weighted by atomic mass is 127. The Hall–Kier alpha value is -0.570. The number of nitrogens with zero attached hydrogens (tertiary/aromatic N) is 2. The van der Waals surface area contributed by atoms with Crippen LogP contribution in [0.25, 0.3) is 0 Å². The predicted molar refractivity (Wildman–Crippen MR) is 115 cm³/mol. The molecule has 0 aliphatic carbocycles. The van der Waals surface area contributed by atoms with Crippen LogP contribution in [0, 0.1) is 13.8 Å². The maximum absolute atomic E-state index is 6.20. The topological polar surface area (TPSA) is 63.3 Å². The molecule has 4 nitrogen and oxygen atoms in total. The minimum absolute atomic E-state index is 0. The molecule has 2 aromatic rings. The molecule has 1 heterocycles. The Labute approximate surface area is 173 Å². The van der Waals surface area contributed by atoms with Crippen molar-refractivity contribution in [2.24, 2.45) is 10.7 Å². The number of aryl methyl sites for hydroxylation is 2. The summed E-state index contributed by atoms with van der Waals surface area (Å²) < 4.78 is 0. The number of benzene rings is 1. The number of aromatic nitrogens is 1. The molecule has 0 saturated carbocycles. The Bertz CT molecular complexity index is 699. The summed E-state index contributed by atoms with van der Waals surface area (Å²) in [5.41, 5.74) is 7.96. The summed E-state index contributed by atoms with van der Waals surface area (Å²) in [6, 6.07) is 5.36. The second-order valence-electron chi connectivity index (χ2n) is 5.30. The summed E-state index contributed by atoms with van der Waals surface area (Å²) in [4.78, 5) is 10.1. The fourth-order valence-corrected chi connectivity index (χ4v) is 3.61. The van der Waals surface area contributed by atoms with Crippen LogP contribution in [0.4, 0.5) is 0 Å². The van der Waals surface area contributed by atoms with Gasteiger partial charge in [0, 0.05) is 27.9 Å². The molecule has 24 heavy (non-hydrogen) atoms. The van der Waals surface area contributed by atoms with E-state index >= 15 is 0 Å². The number of nitrogens with one attached hydrogen (secondary N) is 1. The summed E-state index contributed by atoms with van der Waals surface area (Å²) in [6.45, 7) is 6.68. The van der Waals surface area contributed by atoms with Crippen LogP contribution in [-0.4, -0.2) is 17.5 Å². The molecule has 3 N–H and O–H groups in total. The zero-order valence-electron chi connectivity index (χ0n) is 13.8.